The lowest BCUT2D eigenvalue weighted by atomic mass is 10.2. The SMILES string of the molecule is Fc1cc(Cl)ccc1COc1cc(N2CCN(Cc3nc4cc(-c5n[nH]c(C(F)(F)F)n5)ncc4n3C[C@@H]3CCO3)CC2)ccc1F. The first kappa shape index (κ1) is 31.3. The van der Waals surface area contributed by atoms with Gasteiger partial charge in [-0.05, 0) is 36.8 Å². The zero-order valence-electron chi connectivity index (χ0n) is 24.8. The molecule has 0 amide bonds. The van der Waals surface area contributed by atoms with Crippen LogP contribution in [0.25, 0.3) is 22.6 Å². The van der Waals surface area contributed by atoms with Crippen molar-refractivity contribution < 1.29 is 31.4 Å². The van der Waals surface area contributed by atoms with Crippen molar-refractivity contribution in [2.45, 2.75) is 38.4 Å². The predicted octanol–water partition coefficient (Wildman–Crippen LogP) is 5.86. The molecule has 1 N–H and O–H groups in total. The van der Waals surface area contributed by atoms with E-state index in [1.807, 2.05) is 5.10 Å². The average Bonchev–Trinajstić information content (AvgIpc) is 3.65. The summed E-state index contributed by atoms with van der Waals surface area (Å²) in [7, 11) is 0. The summed E-state index contributed by atoms with van der Waals surface area (Å²) in [5, 5.41) is 5.88. The van der Waals surface area contributed by atoms with Gasteiger partial charge in [0, 0.05) is 55.1 Å². The Bertz CT molecular complexity index is 1900. The highest BCUT2D eigenvalue weighted by Crippen LogP contribution is 2.30. The summed E-state index contributed by atoms with van der Waals surface area (Å²) in [5.74, 6) is -1.62. The lowest BCUT2D eigenvalue weighted by Gasteiger charge is -2.36. The summed E-state index contributed by atoms with van der Waals surface area (Å²) >= 11 is 5.82. The van der Waals surface area contributed by atoms with E-state index in [1.54, 1.807) is 30.5 Å². The Balaban J connectivity index is 1.04. The van der Waals surface area contributed by atoms with E-state index >= 15 is 0 Å². The average molecular weight is 675 g/mol. The fourth-order valence-corrected chi connectivity index (χ4v) is 5.77. The van der Waals surface area contributed by atoms with Crippen LogP contribution in [0.3, 0.4) is 0 Å². The van der Waals surface area contributed by atoms with Crippen molar-refractivity contribution >= 4 is 28.3 Å². The maximum atomic E-state index is 14.6. The molecule has 0 saturated carbocycles. The van der Waals surface area contributed by atoms with Crippen LogP contribution in [0.5, 0.6) is 5.75 Å². The van der Waals surface area contributed by atoms with E-state index in [9.17, 15) is 22.0 Å². The molecule has 3 aromatic heterocycles. The second-order valence-corrected chi connectivity index (χ2v) is 11.8. The van der Waals surface area contributed by atoms with Crippen molar-refractivity contribution in [2.75, 3.05) is 37.7 Å². The summed E-state index contributed by atoms with van der Waals surface area (Å²) in [4.78, 5) is 17.1. The van der Waals surface area contributed by atoms with Gasteiger partial charge in [-0.2, -0.15) is 18.3 Å². The summed E-state index contributed by atoms with van der Waals surface area (Å²) < 4.78 is 81.3. The number of ether oxygens (including phenoxy) is 2. The van der Waals surface area contributed by atoms with Crippen LogP contribution in [0.1, 0.15) is 23.6 Å². The van der Waals surface area contributed by atoms with Crippen molar-refractivity contribution in [3.8, 4) is 17.3 Å². The Morgan fingerprint density at radius 2 is 1.81 bits per heavy atom. The number of hydrogen-bond acceptors (Lipinski definition) is 8. The van der Waals surface area contributed by atoms with Crippen molar-refractivity contribution in [3.05, 3.63) is 82.5 Å². The van der Waals surface area contributed by atoms with E-state index < -0.39 is 23.6 Å². The number of aromatic amines is 1. The molecule has 5 heterocycles. The van der Waals surface area contributed by atoms with Crippen LogP contribution in [0, 0.1) is 11.6 Å². The molecule has 2 saturated heterocycles. The van der Waals surface area contributed by atoms with Gasteiger partial charge in [0.15, 0.2) is 17.4 Å². The number of aromatic nitrogens is 6. The molecule has 2 aromatic carbocycles. The number of nitrogens with one attached hydrogen (secondary N) is 1. The zero-order chi connectivity index (χ0) is 32.7. The molecule has 2 fully saturated rings. The molecule has 16 heteroatoms. The summed E-state index contributed by atoms with van der Waals surface area (Å²) in [6, 6.07) is 10.5. The molecule has 47 heavy (non-hydrogen) atoms. The second-order valence-electron chi connectivity index (χ2n) is 11.4. The molecule has 7 rings (SSSR count). The van der Waals surface area contributed by atoms with E-state index in [0.717, 1.165) is 23.4 Å². The molecule has 2 aliphatic rings. The first-order chi connectivity index (χ1) is 22.6. The molecule has 1 atom stereocenters. The zero-order valence-corrected chi connectivity index (χ0v) is 25.5. The normalized spacial score (nSPS) is 17.3. The Hall–Kier alpha value is -4.34. The maximum Gasteiger partial charge on any atom is 0.451 e. The van der Waals surface area contributed by atoms with Gasteiger partial charge < -0.3 is 18.9 Å². The molecule has 0 aliphatic carbocycles. The second kappa shape index (κ2) is 12.7. The molecule has 0 radical (unpaired) electrons. The Morgan fingerprint density at radius 3 is 2.51 bits per heavy atom. The van der Waals surface area contributed by atoms with Gasteiger partial charge in [0.2, 0.25) is 5.82 Å². The van der Waals surface area contributed by atoms with Crippen LogP contribution < -0.4 is 9.64 Å². The molecule has 0 unspecified atom stereocenters. The lowest BCUT2D eigenvalue weighted by molar-refractivity contribution is -0.144. The number of nitrogens with zero attached hydrogens (tertiary/aromatic N) is 7. The van der Waals surface area contributed by atoms with Gasteiger partial charge in [-0.1, -0.05) is 17.7 Å². The van der Waals surface area contributed by atoms with E-state index in [2.05, 4.69) is 29.4 Å². The third-order valence-electron chi connectivity index (χ3n) is 8.29. The highest BCUT2D eigenvalue weighted by Gasteiger charge is 2.35. The van der Waals surface area contributed by atoms with E-state index in [1.165, 1.54) is 18.2 Å². The third-order valence-corrected chi connectivity index (χ3v) is 8.53. The number of anilines is 1. The van der Waals surface area contributed by atoms with Crippen molar-refractivity contribution in [1.82, 2.24) is 34.6 Å². The molecule has 5 aromatic rings. The van der Waals surface area contributed by atoms with Gasteiger partial charge in [-0.3, -0.25) is 15.0 Å². The quantitative estimate of drug-likeness (QED) is 0.195. The molecule has 0 spiro atoms. The minimum Gasteiger partial charge on any atom is -0.486 e. The highest BCUT2D eigenvalue weighted by atomic mass is 35.5. The van der Waals surface area contributed by atoms with Crippen LogP contribution in [-0.4, -0.2) is 73.5 Å². The summed E-state index contributed by atoms with van der Waals surface area (Å²) in [5.41, 5.74) is 2.53. The smallest absolute Gasteiger partial charge is 0.451 e. The number of pyridine rings is 1. The number of piperazine rings is 1. The number of fused-ring (bicyclic) bond motifs is 1. The number of imidazole rings is 1. The monoisotopic (exact) mass is 674 g/mol. The van der Waals surface area contributed by atoms with Gasteiger partial charge in [0.1, 0.15) is 23.9 Å². The highest BCUT2D eigenvalue weighted by molar-refractivity contribution is 6.30. The van der Waals surface area contributed by atoms with Crippen LogP contribution in [0.2, 0.25) is 5.02 Å². The number of alkyl halides is 3. The topological polar surface area (TPSA) is 97.2 Å². The van der Waals surface area contributed by atoms with Crippen LogP contribution in [-0.2, 0) is 30.6 Å². The van der Waals surface area contributed by atoms with Gasteiger partial charge in [0.05, 0.1) is 36.4 Å². The first-order valence-electron chi connectivity index (χ1n) is 14.9. The minimum absolute atomic E-state index is 0.0267. The van der Waals surface area contributed by atoms with Crippen molar-refractivity contribution in [3.63, 3.8) is 0 Å². The van der Waals surface area contributed by atoms with Gasteiger partial charge in [-0.25, -0.2) is 18.7 Å². The standard InChI is InChI=1S/C31H28ClF5N8O2/c32-19-2-1-18(23(34)11-19)17-47-27-12-20(3-4-22(27)33)44-8-6-43(7-9-44)16-28-39-24-13-25(29-40-30(42-41-29)31(35,36)37)38-14-26(24)45(28)15-21-5-10-46-21/h1-4,11-14,21H,5-10,15-17H2,(H,40,41,42)/t21-/m0/s1. The minimum atomic E-state index is -4.65. The first-order valence-corrected chi connectivity index (χ1v) is 15.3. The predicted molar refractivity (Wildman–Crippen MR) is 162 cm³/mol. The van der Waals surface area contributed by atoms with Gasteiger partial charge >= 0.3 is 6.18 Å². The maximum absolute atomic E-state index is 14.6. The molecule has 2 aliphatic heterocycles. The molecule has 10 nitrogen and oxygen atoms in total. The summed E-state index contributed by atoms with van der Waals surface area (Å²) in [6.07, 6.45) is -2.12. The number of hydrogen-bond donors (Lipinski definition) is 1. The Kier molecular flexibility index (Phi) is 8.45. The van der Waals surface area contributed by atoms with E-state index in [0.29, 0.717) is 51.4 Å². The van der Waals surface area contributed by atoms with E-state index in [4.69, 9.17) is 26.1 Å². The van der Waals surface area contributed by atoms with Crippen LogP contribution in [0.15, 0.2) is 48.7 Å². The number of H-pyrrole nitrogens is 1. The number of halogens is 6. The van der Waals surface area contributed by atoms with Crippen molar-refractivity contribution in [2.24, 2.45) is 0 Å². The molecule has 246 valence electrons. The number of rotatable bonds is 9. The van der Waals surface area contributed by atoms with Gasteiger partial charge in [0.25, 0.3) is 0 Å². The fourth-order valence-electron chi connectivity index (χ4n) is 5.61. The molecular weight excluding hydrogens is 647 g/mol. The Morgan fingerprint density at radius 1 is 1.00 bits per heavy atom. The molecular formula is C31H28ClF5N8O2. The van der Waals surface area contributed by atoms with Gasteiger partial charge in [-0.15, -0.1) is 0 Å². The van der Waals surface area contributed by atoms with E-state index in [-0.39, 0.29) is 40.6 Å². The van der Waals surface area contributed by atoms with Crippen molar-refractivity contribution in [1.29, 1.82) is 0 Å². The Labute approximate surface area is 270 Å². The summed E-state index contributed by atoms with van der Waals surface area (Å²) in [6.45, 7) is 4.33. The molecule has 0 bridgehead atoms. The fraction of sp³-hybridized carbons (Fsp3) is 0.355. The third kappa shape index (κ3) is 6.73. The largest absolute Gasteiger partial charge is 0.486 e. The number of benzene rings is 2. The van der Waals surface area contributed by atoms with Crippen LogP contribution >= 0.6 is 11.6 Å². The lowest BCUT2D eigenvalue weighted by Crippen LogP contribution is -2.46. The van der Waals surface area contributed by atoms with Crippen LogP contribution in [0.4, 0.5) is 27.6 Å².